The van der Waals surface area contributed by atoms with E-state index < -0.39 is 23.7 Å². The van der Waals surface area contributed by atoms with Crippen LogP contribution >= 0.6 is 0 Å². The van der Waals surface area contributed by atoms with Gasteiger partial charge >= 0.3 is 6.18 Å². The number of aryl methyl sites for hydroxylation is 4. The van der Waals surface area contributed by atoms with Gasteiger partial charge in [0.2, 0.25) is 0 Å². The molecule has 4 nitrogen and oxygen atoms in total. The van der Waals surface area contributed by atoms with Crippen molar-refractivity contribution in [3.63, 3.8) is 0 Å². The lowest BCUT2D eigenvalue weighted by atomic mass is 9.86. The van der Waals surface area contributed by atoms with Crippen molar-refractivity contribution >= 4 is 17.3 Å². The zero-order valence-corrected chi connectivity index (χ0v) is 17.7. The molecule has 1 aliphatic carbocycles. The van der Waals surface area contributed by atoms with Gasteiger partial charge in [-0.1, -0.05) is 23.8 Å². The van der Waals surface area contributed by atoms with E-state index in [1.165, 1.54) is 6.07 Å². The van der Waals surface area contributed by atoms with Crippen molar-refractivity contribution in [1.82, 2.24) is 4.98 Å². The van der Waals surface area contributed by atoms with Crippen LogP contribution in [0.15, 0.2) is 30.5 Å². The minimum Gasteiger partial charge on any atom is -0.300 e. The second-order valence-corrected chi connectivity index (χ2v) is 8.31. The molecule has 2 atom stereocenters. The molecule has 1 aromatic carbocycles. The van der Waals surface area contributed by atoms with Crippen molar-refractivity contribution in [3.05, 3.63) is 64.0 Å². The Labute approximate surface area is 178 Å². The molecule has 0 N–H and O–H groups in total. The van der Waals surface area contributed by atoms with Crippen molar-refractivity contribution in [2.75, 3.05) is 0 Å². The molecule has 2 aromatic rings. The molecular weight excluding hydrogens is 407 g/mol. The molecule has 2 unspecified atom stereocenters. The summed E-state index contributed by atoms with van der Waals surface area (Å²) in [6.07, 6.45) is -3.06. The van der Waals surface area contributed by atoms with Gasteiger partial charge in [-0.15, -0.1) is 0 Å². The van der Waals surface area contributed by atoms with Crippen LogP contribution in [-0.4, -0.2) is 22.3 Å². The van der Waals surface area contributed by atoms with Gasteiger partial charge in [0.25, 0.3) is 0 Å². The molecule has 0 amide bonds. The monoisotopic (exact) mass is 431 g/mol. The van der Waals surface area contributed by atoms with Gasteiger partial charge in [-0.25, -0.2) is 0 Å². The summed E-state index contributed by atoms with van der Waals surface area (Å²) in [7, 11) is 0. The van der Waals surface area contributed by atoms with Crippen LogP contribution in [0.25, 0.3) is 0 Å². The smallest absolute Gasteiger partial charge is 0.300 e. The summed E-state index contributed by atoms with van der Waals surface area (Å²) in [6.45, 7) is 5.72. The molecule has 0 bridgehead atoms. The highest BCUT2D eigenvalue weighted by Crippen LogP contribution is 2.37. The fourth-order valence-electron chi connectivity index (χ4n) is 4.38. The molecule has 1 saturated carbocycles. The normalized spacial score (nSPS) is 19.2. The molecule has 1 fully saturated rings. The third kappa shape index (κ3) is 5.09. The summed E-state index contributed by atoms with van der Waals surface area (Å²) in [5.41, 5.74) is 3.12. The van der Waals surface area contributed by atoms with E-state index in [1.807, 2.05) is 32.9 Å². The summed E-state index contributed by atoms with van der Waals surface area (Å²) in [5, 5.41) is 0. The third-order valence-corrected chi connectivity index (χ3v) is 5.76. The first-order chi connectivity index (χ1) is 14.5. The highest BCUT2D eigenvalue weighted by Gasteiger charge is 2.43. The van der Waals surface area contributed by atoms with Gasteiger partial charge in [0.1, 0.15) is 23.2 Å². The minimum atomic E-state index is -4.51. The number of Topliss-reactive ketones (excluding diaryl/α,β-unsaturated/α-hetero) is 3. The highest BCUT2D eigenvalue weighted by atomic mass is 19.4. The van der Waals surface area contributed by atoms with Gasteiger partial charge in [0, 0.05) is 31.4 Å². The van der Waals surface area contributed by atoms with Crippen molar-refractivity contribution < 1.29 is 27.6 Å². The first kappa shape index (κ1) is 22.8. The number of benzene rings is 1. The average molecular weight is 431 g/mol. The minimum absolute atomic E-state index is 0.0287. The topological polar surface area (TPSA) is 64.1 Å². The number of aromatic nitrogens is 1. The average Bonchev–Trinajstić information content (AvgIpc) is 2.93. The van der Waals surface area contributed by atoms with Crippen molar-refractivity contribution in [2.45, 2.75) is 58.5 Å². The molecule has 0 spiro atoms. The number of pyridine rings is 1. The zero-order chi connectivity index (χ0) is 22.9. The largest absolute Gasteiger partial charge is 0.433 e. The molecule has 1 aliphatic rings. The number of nitrogens with zero attached hydrogens (tertiary/aromatic N) is 1. The molecule has 3 rings (SSSR count). The number of halogens is 3. The first-order valence-electron chi connectivity index (χ1n) is 10.2. The maximum atomic E-state index is 13.0. The Kier molecular flexibility index (Phi) is 6.43. The quantitative estimate of drug-likeness (QED) is 0.613. The predicted molar refractivity (Wildman–Crippen MR) is 109 cm³/mol. The van der Waals surface area contributed by atoms with E-state index in [0.29, 0.717) is 5.56 Å². The van der Waals surface area contributed by atoms with E-state index in [9.17, 15) is 27.6 Å². The number of carbonyl (C=O) groups excluding carboxylic acids is 3. The van der Waals surface area contributed by atoms with E-state index in [-0.39, 0.29) is 43.0 Å². The second-order valence-electron chi connectivity index (χ2n) is 8.31. The molecule has 0 aliphatic heterocycles. The Morgan fingerprint density at radius 3 is 2.29 bits per heavy atom. The molecule has 1 heterocycles. The van der Waals surface area contributed by atoms with Crippen LogP contribution < -0.4 is 0 Å². The van der Waals surface area contributed by atoms with Crippen LogP contribution in [0.4, 0.5) is 13.2 Å². The maximum absolute atomic E-state index is 13.0. The van der Waals surface area contributed by atoms with Gasteiger partial charge in [-0.05, 0) is 55.5 Å². The van der Waals surface area contributed by atoms with Crippen LogP contribution in [0.1, 0.15) is 58.7 Å². The summed E-state index contributed by atoms with van der Waals surface area (Å²) < 4.78 is 37.7. The second kappa shape index (κ2) is 8.73. The lowest BCUT2D eigenvalue weighted by Crippen LogP contribution is -2.19. The van der Waals surface area contributed by atoms with Crippen LogP contribution in [0.2, 0.25) is 0 Å². The Morgan fingerprint density at radius 2 is 1.74 bits per heavy atom. The lowest BCUT2D eigenvalue weighted by Gasteiger charge is -2.16. The molecule has 0 radical (unpaired) electrons. The van der Waals surface area contributed by atoms with Gasteiger partial charge in [-0.2, -0.15) is 13.2 Å². The highest BCUT2D eigenvalue weighted by molar-refractivity contribution is 6.15. The Hall–Kier alpha value is -2.83. The Balaban J connectivity index is 1.63. The van der Waals surface area contributed by atoms with E-state index in [0.717, 1.165) is 34.5 Å². The van der Waals surface area contributed by atoms with Gasteiger partial charge in [-0.3, -0.25) is 19.4 Å². The van der Waals surface area contributed by atoms with E-state index in [1.54, 1.807) is 0 Å². The van der Waals surface area contributed by atoms with Gasteiger partial charge in [0.05, 0.1) is 0 Å². The van der Waals surface area contributed by atoms with E-state index >= 15 is 0 Å². The predicted octanol–water partition coefficient (Wildman–Crippen LogP) is 4.86. The molecular formula is C24H24F3NO3. The molecule has 0 saturated heterocycles. The molecule has 7 heteroatoms. The number of ketones is 3. The summed E-state index contributed by atoms with van der Waals surface area (Å²) in [4.78, 5) is 41.4. The van der Waals surface area contributed by atoms with Gasteiger partial charge in [0.15, 0.2) is 5.78 Å². The van der Waals surface area contributed by atoms with Crippen molar-refractivity contribution in [3.8, 4) is 0 Å². The number of hydrogen-bond donors (Lipinski definition) is 0. The SMILES string of the molecule is Cc1cc(C)c(C2C(=O)CC(CC(=O)CCc3ccc(C(F)(F)F)nc3)C2=O)c(C)c1. The van der Waals surface area contributed by atoms with E-state index in [4.69, 9.17) is 0 Å². The number of rotatable bonds is 6. The van der Waals surface area contributed by atoms with Crippen molar-refractivity contribution in [2.24, 2.45) is 5.92 Å². The number of alkyl halides is 3. The fraction of sp³-hybridized carbons (Fsp3) is 0.417. The molecule has 31 heavy (non-hydrogen) atoms. The number of hydrogen-bond acceptors (Lipinski definition) is 4. The van der Waals surface area contributed by atoms with Crippen LogP contribution in [-0.2, 0) is 27.0 Å². The van der Waals surface area contributed by atoms with Gasteiger partial charge < -0.3 is 0 Å². The standard InChI is InChI=1S/C24H24F3NO3/c1-13-8-14(2)21(15(3)9-13)22-19(30)11-17(23(22)31)10-18(29)6-4-16-5-7-20(28-12-16)24(25,26)27/h5,7-9,12,17,22H,4,6,10-11H2,1-3H3. The third-order valence-electron chi connectivity index (χ3n) is 5.76. The Bertz CT molecular complexity index is 1000. The molecule has 1 aromatic heterocycles. The van der Waals surface area contributed by atoms with Crippen LogP contribution in [0.3, 0.4) is 0 Å². The number of carbonyl (C=O) groups is 3. The Morgan fingerprint density at radius 1 is 1.10 bits per heavy atom. The van der Waals surface area contributed by atoms with Crippen LogP contribution in [0, 0.1) is 26.7 Å². The summed E-state index contributed by atoms with van der Waals surface area (Å²) >= 11 is 0. The van der Waals surface area contributed by atoms with Crippen LogP contribution in [0.5, 0.6) is 0 Å². The molecule has 164 valence electrons. The fourth-order valence-corrected chi connectivity index (χ4v) is 4.38. The zero-order valence-electron chi connectivity index (χ0n) is 17.7. The summed E-state index contributed by atoms with van der Waals surface area (Å²) in [6, 6.07) is 6.07. The summed E-state index contributed by atoms with van der Waals surface area (Å²) in [5.74, 6) is -2.04. The lowest BCUT2D eigenvalue weighted by molar-refractivity contribution is -0.141. The maximum Gasteiger partial charge on any atom is 0.433 e. The van der Waals surface area contributed by atoms with E-state index in [2.05, 4.69) is 4.98 Å². The first-order valence-corrected chi connectivity index (χ1v) is 10.2. The van der Waals surface area contributed by atoms with Crippen molar-refractivity contribution in [1.29, 1.82) is 0 Å².